The van der Waals surface area contributed by atoms with Crippen molar-refractivity contribution in [3.05, 3.63) is 35.4 Å². The van der Waals surface area contributed by atoms with Crippen molar-refractivity contribution >= 4 is 23.5 Å². The second kappa shape index (κ2) is 8.53. The molecule has 2 aromatic heterocycles. The van der Waals surface area contributed by atoms with E-state index in [9.17, 15) is 4.79 Å². The van der Waals surface area contributed by atoms with Crippen molar-refractivity contribution in [3.8, 4) is 0 Å². The lowest BCUT2D eigenvalue weighted by atomic mass is 10.1. The summed E-state index contributed by atoms with van der Waals surface area (Å²) in [5.74, 6) is 2.84. The number of anilines is 1. The van der Waals surface area contributed by atoms with Gasteiger partial charge in [0.2, 0.25) is 0 Å². The number of ether oxygens (including phenoxy) is 1. The van der Waals surface area contributed by atoms with E-state index in [0.29, 0.717) is 23.5 Å². The van der Waals surface area contributed by atoms with E-state index in [1.54, 1.807) is 6.07 Å². The van der Waals surface area contributed by atoms with E-state index >= 15 is 0 Å². The molecule has 2 aliphatic rings. The number of carbonyl (C=O) groups excluding carboxylic acids is 1. The zero-order valence-electron chi connectivity index (χ0n) is 16.3. The molecule has 3 heterocycles. The Morgan fingerprint density at radius 3 is 2.79 bits per heavy atom. The van der Waals surface area contributed by atoms with Crippen molar-refractivity contribution in [2.45, 2.75) is 49.6 Å². The number of hydrogen-bond donors (Lipinski definition) is 1. The summed E-state index contributed by atoms with van der Waals surface area (Å²) >= 11 is 1.53. The lowest BCUT2D eigenvalue weighted by molar-refractivity contribution is 0.0922. The van der Waals surface area contributed by atoms with Crippen molar-refractivity contribution < 1.29 is 13.9 Å². The van der Waals surface area contributed by atoms with Crippen LogP contribution in [0.15, 0.2) is 27.8 Å². The Bertz CT molecular complexity index is 829. The number of furan rings is 1. The van der Waals surface area contributed by atoms with Gasteiger partial charge in [-0.2, -0.15) is 0 Å². The highest BCUT2D eigenvalue weighted by Crippen LogP contribution is 2.27. The third-order valence-corrected chi connectivity index (χ3v) is 5.65. The van der Waals surface area contributed by atoms with Crippen LogP contribution in [0.2, 0.25) is 0 Å². The number of rotatable bonds is 7. The normalized spacial score (nSPS) is 17.2. The number of amides is 1. The lowest BCUT2D eigenvalue weighted by Gasteiger charge is -2.28. The predicted octanol–water partition coefficient (Wildman–Crippen LogP) is 3.21. The first-order valence-corrected chi connectivity index (χ1v) is 10.8. The molecule has 0 unspecified atom stereocenters. The fraction of sp³-hybridized carbons (Fsp3) is 0.550. The average molecular weight is 403 g/mol. The van der Waals surface area contributed by atoms with Crippen LogP contribution in [0.1, 0.15) is 54.6 Å². The monoisotopic (exact) mass is 402 g/mol. The Balaban J connectivity index is 1.44. The minimum Gasteiger partial charge on any atom is -0.455 e. The molecule has 0 atom stereocenters. The van der Waals surface area contributed by atoms with E-state index in [0.717, 1.165) is 61.6 Å². The van der Waals surface area contributed by atoms with Gasteiger partial charge in [0.25, 0.3) is 5.91 Å². The van der Waals surface area contributed by atoms with Crippen LogP contribution in [0.5, 0.6) is 0 Å². The molecule has 0 spiro atoms. The molecular formula is C20H26N4O3S. The fourth-order valence-corrected chi connectivity index (χ4v) is 3.70. The van der Waals surface area contributed by atoms with E-state index in [1.807, 2.05) is 6.07 Å². The molecule has 4 rings (SSSR count). The molecule has 0 radical (unpaired) electrons. The quantitative estimate of drug-likeness (QED) is 0.563. The third kappa shape index (κ3) is 4.86. The molecule has 2 aromatic rings. The smallest absolute Gasteiger partial charge is 0.287 e. The van der Waals surface area contributed by atoms with Crippen molar-refractivity contribution in [2.75, 3.05) is 31.2 Å². The van der Waals surface area contributed by atoms with Gasteiger partial charge < -0.3 is 19.4 Å². The summed E-state index contributed by atoms with van der Waals surface area (Å²) < 4.78 is 11.2. The van der Waals surface area contributed by atoms with Crippen molar-refractivity contribution in [3.63, 3.8) is 0 Å². The number of thioether (sulfide) groups is 1. The Morgan fingerprint density at radius 1 is 1.29 bits per heavy atom. The summed E-state index contributed by atoms with van der Waals surface area (Å²) in [4.78, 5) is 23.8. The second-order valence-electron chi connectivity index (χ2n) is 7.49. The van der Waals surface area contributed by atoms with Gasteiger partial charge in [0.1, 0.15) is 11.6 Å². The molecule has 1 saturated heterocycles. The summed E-state index contributed by atoms with van der Waals surface area (Å²) in [6.07, 6.45) is 2.12. The van der Waals surface area contributed by atoms with Crippen LogP contribution in [-0.2, 0) is 10.5 Å². The first-order chi connectivity index (χ1) is 13.6. The molecule has 28 heavy (non-hydrogen) atoms. The van der Waals surface area contributed by atoms with Gasteiger partial charge in [-0.15, -0.1) is 0 Å². The summed E-state index contributed by atoms with van der Waals surface area (Å²) in [7, 11) is 0. The summed E-state index contributed by atoms with van der Waals surface area (Å²) in [6.45, 7) is 7.41. The molecule has 7 nitrogen and oxygen atoms in total. The Labute approximate surface area is 169 Å². The van der Waals surface area contributed by atoms with Crippen molar-refractivity contribution in [2.24, 2.45) is 0 Å². The molecule has 0 aromatic carbocycles. The minimum absolute atomic E-state index is 0.133. The average Bonchev–Trinajstić information content (AvgIpc) is 3.39. The van der Waals surface area contributed by atoms with Crippen LogP contribution < -0.4 is 10.2 Å². The number of nitrogens with one attached hydrogen (secondary N) is 1. The summed E-state index contributed by atoms with van der Waals surface area (Å²) in [6, 6.07) is 5.98. The highest BCUT2D eigenvalue weighted by molar-refractivity contribution is 7.98. The van der Waals surface area contributed by atoms with Gasteiger partial charge >= 0.3 is 0 Å². The molecule has 8 heteroatoms. The van der Waals surface area contributed by atoms with Gasteiger partial charge in [-0.05, 0) is 30.9 Å². The summed E-state index contributed by atoms with van der Waals surface area (Å²) in [5.41, 5.74) is 1.03. The first-order valence-electron chi connectivity index (χ1n) is 9.82. The zero-order chi connectivity index (χ0) is 19.5. The molecule has 150 valence electrons. The number of nitrogens with zero attached hydrogens (tertiary/aromatic N) is 3. The number of carbonyl (C=O) groups is 1. The highest BCUT2D eigenvalue weighted by atomic mass is 32.2. The van der Waals surface area contributed by atoms with E-state index in [2.05, 4.69) is 30.1 Å². The van der Waals surface area contributed by atoms with Crippen molar-refractivity contribution in [1.82, 2.24) is 15.3 Å². The van der Waals surface area contributed by atoms with Gasteiger partial charge in [0.15, 0.2) is 10.9 Å². The van der Waals surface area contributed by atoms with Gasteiger partial charge in [-0.25, -0.2) is 9.97 Å². The zero-order valence-corrected chi connectivity index (χ0v) is 17.1. The first kappa shape index (κ1) is 19.3. The fourth-order valence-electron chi connectivity index (χ4n) is 2.94. The maximum absolute atomic E-state index is 12.1. The Morgan fingerprint density at radius 2 is 2.07 bits per heavy atom. The van der Waals surface area contributed by atoms with E-state index in [4.69, 9.17) is 19.1 Å². The molecule has 0 bridgehead atoms. The Kier molecular flexibility index (Phi) is 5.87. The van der Waals surface area contributed by atoms with Gasteiger partial charge in [0, 0.05) is 30.9 Å². The molecular weight excluding hydrogens is 376 g/mol. The summed E-state index contributed by atoms with van der Waals surface area (Å²) in [5, 5.41) is 3.67. The van der Waals surface area contributed by atoms with Crippen LogP contribution >= 0.6 is 11.8 Å². The van der Waals surface area contributed by atoms with Gasteiger partial charge in [-0.3, -0.25) is 4.79 Å². The molecule has 1 aliphatic carbocycles. The van der Waals surface area contributed by atoms with E-state index < -0.39 is 0 Å². The molecule has 1 saturated carbocycles. The van der Waals surface area contributed by atoms with Gasteiger partial charge in [-0.1, -0.05) is 25.6 Å². The minimum atomic E-state index is -0.133. The highest BCUT2D eigenvalue weighted by Gasteiger charge is 2.25. The largest absolute Gasteiger partial charge is 0.455 e. The molecule has 1 aliphatic heterocycles. The molecule has 2 fully saturated rings. The predicted molar refractivity (Wildman–Crippen MR) is 108 cm³/mol. The lowest BCUT2D eigenvalue weighted by Crippen LogP contribution is -2.37. The Hall–Kier alpha value is -2.06. The van der Waals surface area contributed by atoms with Crippen molar-refractivity contribution in [1.29, 1.82) is 0 Å². The topological polar surface area (TPSA) is 80.5 Å². The van der Waals surface area contributed by atoms with Crippen LogP contribution in [0, 0.1) is 0 Å². The maximum Gasteiger partial charge on any atom is 0.287 e. The maximum atomic E-state index is 12.1. The second-order valence-corrected chi connectivity index (χ2v) is 8.43. The van der Waals surface area contributed by atoms with Crippen LogP contribution in [0.25, 0.3) is 0 Å². The molecule has 1 amide bonds. The standard InChI is InChI=1S/C20H26N4O3S/c1-13(2)16-11-18(24-7-9-26-10-8-24)23-20(22-16)28-12-15-5-6-17(27-15)19(25)21-14-3-4-14/h5-6,11,13-14H,3-4,7-10,12H2,1-2H3,(H,21,25). The van der Waals surface area contributed by atoms with Crippen LogP contribution in [0.3, 0.4) is 0 Å². The van der Waals surface area contributed by atoms with E-state index in [1.165, 1.54) is 11.8 Å². The van der Waals surface area contributed by atoms with Crippen LogP contribution in [0.4, 0.5) is 5.82 Å². The number of morpholine rings is 1. The number of aromatic nitrogens is 2. The third-order valence-electron chi connectivity index (χ3n) is 4.78. The number of hydrogen-bond acceptors (Lipinski definition) is 7. The van der Waals surface area contributed by atoms with Crippen LogP contribution in [-0.4, -0.2) is 48.2 Å². The SMILES string of the molecule is CC(C)c1cc(N2CCOCC2)nc(SCc2ccc(C(=O)NC3CC3)o2)n1. The van der Waals surface area contributed by atoms with E-state index in [-0.39, 0.29) is 5.91 Å². The van der Waals surface area contributed by atoms with Gasteiger partial charge in [0.05, 0.1) is 19.0 Å². The molecule has 1 N–H and O–H groups in total.